The summed E-state index contributed by atoms with van der Waals surface area (Å²) in [5.74, 6) is 0.356. The van der Waals surface area contributed by atoms with Crippen LogP contribution in [-0.4, -0.2) is 0 Å². The second kappa shape index (κ2) is 6.40. The minimum Gasteiger partial charge on any atom is -0.117 e. The Balaban J connectivity index is 2.25. The highest BCUT2D eigenvalue weighted by atomic mass is 79.9. The van der Waals surface area contributed by atoms with Crippen LogP contribution in [0.2, 0.25) is 0 Å². The van der Waals surface area contributed by atoms with E-state index < -0.39 is 0 Å². The van der Waals surface area contributed by atoms with Gasteiger partial charge in [0.2, 0.25) is 0 Å². The van der Waals surface area contributed by atoms with Gasteiger partial charge >= 0.3 is 0 Å². The van der Waals surface area contributed by atoms with Gasteiger partial charge in [0, 0.05) is 10.4 Å². The summed E-state index contributed by atoms with van der Waals surface area (Å²) in [6.45, 7) is 2.19. The Hall–Kier alpha value is -0.790. The van der Waals surface area contributed by atoms with Crippen molar-refractivity contribution in [3.63, 3.8) is 0 Å². The summed E-state index contributed by atoms with van der Waals surface area (Å²) < 4.78 is 1.09. The Morgan fingerprint density at radius 2 is 1.56 bits per heavy atom. The van der Waals surface area contributed by atoms with Gasteiger partial charge in [-0.05, 0) is 29.7 Å². The molecule has 0 bridgehead atoms. The van der Waals surface area contributed by atoms with Crippen LogP contribution in [0, 0.1) is 0 Å². The van der Waals surface area contributed by atoms with Gasteiger partial charge in [0.1, 0.15) is 0 Å². The molecule has 0 radical (unpaired) electrons. The third-order valence-electron chi connectivity index (χ3n) is 3.21. The van der Waals surface area contributed by atoms with Crippen molar-refractivity contribution in [3.05, 3.63) is 70.2 Å². The van der Waals surface area contributed by atoms with Crippen LogP contribution in [0.25, 0.3) is 0 Å². The van der Waals surface area contributed by atoms with Crippen LogP contribution in [0.3, 0.4) is 0 Å². The second-order valence-electron chi connectivity index (χ2n) is 4.38. The van der Waals surface area contributed by atoms with E-state index in [0.717, 1.165) is 10.9 Å². The molecular weight excluding hydrogens is 308 g/mol. The number of hydrogen-bond acceptors (Lipinski definition) is 0. The van der Waals surface area contributed by atoms with Gasteiger partial charge in [-0.2, -0.15) is 0 Å². The van der Waals surface area contributed by atoms with E-state index in [1.807, 2.05) is 18.2 Å². The van der Waals surface area contributed by atoms with Gasteiger partial charge in [-0.3, -0.25) is 0 Å². The fourth-order valence-electron chi connectivity index (χ4n) is 2.19. The summed E-state index contributed by atoms with van der Waals surface area (Å²) in [6.07, 6.45) is 1.04. The Labute approximate surface area is 122 Å². The molecule has 2 rings (SSSR count). The largest absolute Gasteiger partial charge is 0.117 e. The lowest BCUT2D eigenvalue weighted by atomic mass is 9.89. The smallest absolute Gasteiger partial charge is 0.0653 e. The molecule has 2 aromatic carbocycles. The van der Waals surface area contributed by atoms with Crippen LogP contribution in [0.4, 0.5) is 0 Å². The van der Waals surface area contributed by atoms with Crippen molar-refractivity contribution in [1.29, 1.82) is 0 Å². The van der Waals surface area contributed by atoms with Crippen LogP contribution in [0.5, 0.6) is 0 Å². The zero-order chi connectivity index (χ0) is 13.0. The first-order valence-corrected chi connectivity index (χ1v) is 7.39. The lowest BCUT2D eigenvalue weighted by Crippen LogP contribution is -2.05. The van der Waals surface area contributed by atoms with Gasteiger partial charge in [0.05, 0.1) is 5.38 Å². The third kappa shape index (κ3) is 3.15. The van der Waals surface area contributed by atoms with Crippen molar-refractivity contribution in [2.24, 2.45) is 0 Å². The topological polar surface area (TPSA) is 0 Å². The molecule has 0 nitrogen and oxygen atoms in total. The zero-order valence-electron chi connectivity index (χ0n) is 10.3. The van der Waals surface area contributed by atoms with E-state index in [1.54, 1.807) is 0 Å². The molecular formula is C16H16BrCl. The summed E-state index contributed by atoms with van der Waals surface area (Å²) in [6, 6.07) is 18.8. The third-order valence-corrected chi connectivity index (χ3v) is 4.29. The number of benzene rings is 2. The van der Waals surface area contributed by atoms with E-state index in [9.17, 15) is 0 Å². The van der Waals surface area contributed by atoms with E-state index in [4.69, 9.17) is 11.6 Å². The fourth-order valence-corrected chi connectivity index (χ4v) is 2.92. The monoisotopic (exact) mass is 322 g/mol. The molecule has 0 amide bonds. The van der Waals surface area contributed by atoms with Gasteiger partial charge in [-0.1, -0.05) is 65.3 Å². The molecule has 0 aromatic heterocycles. The molecule has 2 heteroatoms. The molecule has 0 aliphatic heterocycles. The summed E-state index contributed by atoms with van der Waals surface area (Å²) in [7, 11) is 0. The average Bonchev–Trinajstić information content (AvgIpc) is 2.41. The van der Waals surface area contributed by atoms with E-state index >= 15 is 0 Å². The molecule has 0 aliphatic carbocycles. The highest BCUT2D eigenvalue weighted by Gasteiger charge is 2.20. The molecule has 0 fully saturated rings. The number of hydrogen-bond donors (Lipinski definition) is 0. The molecule has 2 atom stereocenters. The zero-order valence-corrected chi connectivity index (χ0v) is 12.7. The molecule has 2 aromatic rings. The predicted molar refractivity (Wildman–Crippen MR) is 82.2 cm³/mol. The summed E-state index contributed by atoms with van der Waals surface area (Å²) in [4.78, 5) is 0. The lowest BCUT2D eigenvalue weighted by Gasteiger charge is -2.21. The fraction of sp³-hybridized carbons (Fsp3) is 0.250. The maximum absolute atomic E-state index is 6.64. The maximum Gasteiger partial charge on any atom is 0.0653 e. The van der Waals surface area contributed by atoms with Crippen molar-refractivity contribution in [2.75, 3.05) is 0 Å². The van der Waals surface area contributed by atoms with Crippen LogP contribution in [0.1, 0.15) is 35.8 Å². The molecule has 18 heavy (non-hydrogen) atoms. The first-order valence-electron chi connectivity index (χ1n) is 6.17. The van der Waals surface area contributed by atoms with Crippen LogP contribution < -0.4 is 0 Å². The predicted octanol–water partition coefficient (Wildman–Crippen LogP) is 5.92. The van der Waals surface area contributed by atoms with Crippen molar-refractivity contribution >= 4 is 27.5 Å². The standard InChI is InChI=1S/C16H16BrCl/c1-2-15(12-6-4-3-5-7-12)16(18)13-8-10-14(17)11-9-13/h3-11,15-16H,2H2,1H3. The molecule has 0 N–H and O–H groups in total. The Morgan fingerprint density at radius 3 is 2.11 bits per heavy atom. The summed E-state index contributed by atoms with van der Waals surface area (Å²) >= 11 is 10.1. The van der Waals surface area contributed by atoms with E-state index in [1.165, 1.54) is 11.1 Å². The van der Waals surface area contributed by atoms with Crippen molar-refractivity contribution in [3.8, 4) is 0 Å². The quantitative estimate of drug-likeness (QED) is 0.612. The van der Waals surface area contributed by atoms with Crippen LogP contribution in [-0.2, 0) is 0 Å². The Morgan fingerprint density at radius 1 is 0.944 bits per heavy atom. The minimum atomic E-state index is 0.0190. The number of alkyl halides is 1. The van der Waals surface area contributed by atoms with E-state index in [2.05, 4.69) is 59.3 Å². The first kappa shape index (κ1) is 13.6. The molecule has 0 aliphatic rings. The van der Waals surface area contributed by atoms with Crippen molar-refractivity contribution in [2.45, 2.75) is 24.6 Å². The highest BCUT2D eigenvalue weighted by Crippen LogP contribution is 2.38. The molecule has 0 saturated heterocycles. The highest BCUT2D eigenvalue weighted by molar-refractivity contribution is 9.10. The summed E-state index contributed by atoms with van der Waals surface area (Å²) in [5, 5.41) is 0.0190. The van der Waals surface area contributed by atoms with Gasteiger partial charge in [0.25, 0.3) is 0 Å². The molecule has 2 unspecified atom stereocenters. The van der Waals surface area contributed by atoms with Crippen LogP contribution in [0.15, 0.2) is 59.1 Å². The Kier molecular flexibility index (Phi) is 4.85. The summed E-state index contributed by atoms with van der Waals surface area (Å²) in [5.41, 5.74) is 2.48. The molecule has 0 spiro atoms. The van der Waals surface area contributed by atoms with Crippen molar-refractivity contribution < 1.29 is 0 Å². The van der Waals surface area contributed by atoms with Gasteiger partial charge in [-0.25, -0.2) is 0 Å². The number of rotatable bonds is 4. The second-order valence-corrected chi connectivity index (χ2v) is 5.76. The van der Waals surface area contributed by atoms with Gasteiger partial charge in [0.15, 0.2) is 0 Å². The SMILES string of the molecule is CCC(c1ccccc1)C(Cl)c1ccc(Br)cc1. The first-order chi connectivity index (χ1) is 8.72. The minimum absolute atomic E-state index is 0.0190. The van der Waals surface area contributed by atoms with Gasteiger partial charge in [-0.15, -0.1) is 11.6 Å². The maximum atomic E-state index is 6.64. The van der Waals surface area contributed by atoms with E-state index in [-0.39, 0.29) is 5.38 Å². The molecule has 0 heterocycles. The number of halogens is 2. The van der Waals surface area contributed by atoms with E-state index in [0.29, 0.717) is 5.92 Å². The normalized spacial score (nSPS) is 14.2. The van der Waals surface area contributed by atoms with Gasteiger partial charge < -0.3 is 0 Å². The van der Waals surface area contributed by atoms with Crippen LogP contribution >= 0.6 is 27.5 Å². The average molecular weight is 324 g/mol. The Bertz CT molecular complexity index is 478. The van der Waals surface area contributed by atoms with Crippen molar-refractivity contribution in [1.82, 2.24) is 0 Å². The molecule has 0 saturated carbocycles. The molecule has 94 valence electrons. The lowest BCUT2D eigenvalue weighted by molar-refractivity contribution is 0.640.